The van der Waals surface area contributed by atoms with Crippen LogP contribution in [0.1, 0.15) is 26.3 Å². The fourth-order valence-electron chi connectivity index (χ4n) is 2.64. The van der Waals surface area contributed by atoms with Gasteiger partial charge in [-0.3, -0.25) is 4.72 Å². The number of rotatable bonds is 5. The highest BCUT2D eigenvalue weighted by Crippen LogP contribution is 2.36. The average molecular weight is 426 g/mol. The largest absolute Gasteiger partial charge is 0.478 e. The van der Waals surface area contributed by atoms with Gasteiger partial charge in [-0.25, -0.2) is 18.0 Å². The van der Waals surface area contributed by atoms with Crippen molar-refractivity contribution in [2.45, 2.75) is 11.1 Å². The minimum absolute atomic E-state index is 0.0219. The van der Waals surface area contributed by atoms with E-state index in [-0.39, 0.29) is 9.23 Å². The molecule has 0 aliphatic carbocycles. The summed E-state index contributed by atoms with van der Waals surface area (Å²) in [6, 6.07) is 9.06. The van der Waals surface area contributed by atoms with Crippen molar-refractivity contribution in [1.29, 1.82) is 0 Å². The highest BCUT2D eigenvalue weighted by Gasteiger charge is 2.27. The quantitative estimate of drug-likeness (QED) is 0.566. The number of hydrogen-bond donors (Lipinski definition) is 3. The van der Waals surface area contributed by atoms with Crippen LogP contribution in [0.4, 0.5) is 5.69 Å². The van der Waals surface area contributed by atoms with Crippen molar-refractivity contribution >= 4 is 60.7 Å². The molecule has 0 aliphatic rings. The molecule has 7 nitrogen and oxygen atoms in total. The van der Waals surface area contributed by atoms with Crippen LogP contribution in [0.5, 0.6) is 0 Å². The zero-order valence-corrected chi connectivity index (χ0v) is 16.1. The first-order chi connectivity index (χ1) is 12.6. The number of thiophene rings is 1. The summed E-state index contributed by atoms with van der Waals surface area (Å²) in [4.78, 5) is 23.0. The summed E-state index contributed by atoms with van der Waals surface area (Å²) in [6.45, 7) is 1.63. The maximum Gasteiger partial charge on any atom is 0.337 e. The molecule has 0 unspecified atom stereocenters. The summed E-state index contributed by atoms with van der Waals surface area (Å²) in [5.74, 6) is -3.02. The Bertz CT molecular complexity index is 1160. The molecule has 0 saturated carbocycles. The van der Waals surface area contributed by atoms with E-state index < -0.39 is 38.8 Å². The van der Waals surface area contributed by atoms with Crippen LogP contribution in [-0.4, -0.2) is 30.6 Å². The van der Waals surface area contributed by atoms with Gasteiger partial charge in [0.05, 0.1) is 16.8 Å². The summed E-state index contributed by atoms with van der Waals surface area (Å²) in [7, 11) is -4.23. The Morgan fingerprint density at radius 1 is 1.07 bits per heavy atom. The molecule has 0 spiro atoms. The molecule has 140 valence electrons. The number of carboxylic acid groups (broad SMARTS) is 2. The van der Waals surface area contributed by atoms with Gasteiger partial charge < -0.3 is 10.2 Å². The summed E-state index contributed by atoms with van der Waals surface area (Å²) in [5, 5.41) is 19.3. The van der Waals surface area contributed by atoms with Crippen LogP contribution in [0.3, 0.4) is 0 Å². The molecule has 10 heteroatoms. The van der Waals surface area contributed by atoms with Crippen molar-refractivity contribution in [3.63, 3.8) is 0 Å². The predicted molar refractivity (Wildman–Crippen MR) is 103 cm³/mol. The summed E-state index contributed by atoms with van der Waals surface area (Å²) >= 11 is 6.79. The van der Waals surface area contributed by atoms with Crippen LogP contribution in [0.2, 0.25) is 5.02 Å². The number of halogens is 1. The van der Waals surface area contributed by atoms with Gasteiger partial charge in [0, 0.05) is 9.72 Å². The molecule has 27 heavy (non-hydrogen) atoms. The van der Waals surface area contributed by atoms with Gasteiger partial charge in [-0.15, -0.1) is 11.3 Å². The van der Waals surface area contributed by atoms with Gasteiger partial charge in [0.25, 0.3) is 10.0 Å². The number of nitrogens with one attached hydrogen (secondary N) is 1. The molecule has 3 aromatic rings. The van der Waals surface area contributed by atoms with E-state index >= 15 is 0 Å². The Balaban J connectivity index is 2.20. The van der Waals surface area contributed by atoms with E-state index in [0.29, 0.717) is 5.56 Å². The van der Waals surface area contributed by atoms with Gasteiger partial charge in [-0.05, 0) is 36.1 Å². The molecule has 1 aromatic heterocycles. The lowest BCUT2D eigenvalue weighted by molar-refractivity contribution is 0.0696. The van der Waals surface area contributed by atoms with Crippen molar-refractivity contribution in [2.24, 2.45) is 0 Å². The van der Waals surface area contributed by atoms with Crippen molar-refractivity contribution in [3.05, 3.63) is 58.1 Å². The predicted octanol–water partition coefficient (Wildman–Crippen LogP) is 4.06. The normalized spacial score (nSPS) is 11.5. The Labute approximate surface area is 162 Å². The van der Waals surface area contributed by atoms with Gasteiger partial charge in [0.1, 0.15) is 4.21 Å². The molecular formula is C17H12ClNO6S2. The van der Waals surface area contributed by atoms with Crippen molar-refractivity contribution in [1.82, 2.24) is 0 Å². The maximum atomic E-state index is 12.9. The first-order valence-electron chi connectivity index (χ1n) is 7.43. The second kappa shape index (κ2) is 6.84. The highest BCUT2D eigenvalue weighted by molar-refractivity contribution is 7.95. The summed E-state index contributed by atoms with van der Waals surface area (Å²) < 4.78 is 28.7. The topological polar surface area (TPSA) is 121 Å². The molecule has 2 aromatic carbocycles. The van der Waals surface area contributed by atoms with E-state index in [1.165, 1.54) is 0 Å². The second-order valence-corrected chi connectivity index (χ2v) is 8.97. The van der Waals surface area contributed by atoms with Gasteiger partial charge in [0.2, 0.25) is 0 Å². The van der Waals surface area contributed by atoms with Crippen LogP contribution >= 0.6 is 22.9 Å². The fourth-order valence-corrected chi connectivity index (χ4v) is 5.73. The Kier molecular flexibility index (Phi) is 4.85. The van der Waals surface area contributed by atoms with E-state index in [4.69, 9.17) is 11.6 Å². The van der Waals surface area contributed by atoms with E-state index in [0.717, 1.165) is 33.6 Å². The van der Waals surface area contributed by atoms with Crippen LogP contribution in [0.25, 0.3) is 10.1 Å². The number of hydrogen-bond acceptors (Lipinski definition) is 5. The molecule has 0 radical (unpaired) electrons. The molecule has 3 rings (SSSR count). The first kappa shape index (κ1) is 19.2. The number of carbonyl (C=O) groups is 2. The molecule has 0 saturated heterocycles. The standard InChI is InChI=1S/C17H12ClNO6S2/c1-8-10-4-2-3-5-13(10)26-17(8)27(24,25)19-14-11(15(20)21)6-9(18)7-12(14)16(22)23/h2-7,19H,1H3,(H,20,21)(H,22,23). The molecule has 0 fully saturated rings. The molecule has 0 aliphatic heterocycles. The molecule has 0 bridgehead atoms. The number of fused-ring (bicyclic) bond motifs is 1. The number of sulfonamides is 1. The van der Waals surface area contributed by atoms with Crippen LogP contribution < -0.4 is 4.72 Å². The van der Waals surface area contributed by atoms with Crippen molar-refractivity contribution in [3.8, 4) is 0 Å². The molecule has 1 heterocycles. The minimum Gasteiger partial charge on any atom is -0.478 e. The van der Waals surface area contributed by atoms with Crippen LogP contribution in [0.15, 0.2) is 40.6 Å². The highest BCUT2D eigenvalue weighted by atomic mass is 35.5. The van der Waals surface area contributed by atoms with E-state index in [2.05, 4.69) is 4.72 Å². The first-order valence-corrected chi connectivity index (χ1v) is 10.1. The summed E-state index contributed by atoms with van der Waals surface area (Å²) in [6.07, 6.45) is 0. The molecule has 0 amide bonds. The number of anilines is 1. The lowest BCUT2D eigenvalue weighted by atomic mass is 10.1. The van der Waals surface area contributed by atoms with E-state index in [9.17, 15) is 28.2 Å². The van der Waals surface area contributed by atoms with Gasteiger partial charge in [-0.2, -0.15) is 0 Å². The fraction of sp³-hybridized carbons (Fsp3) is 0.0588. The number of aryl methyl sites for hydroxylation is 1. The lowest BCUT2D eigenvalue weighted by Gasteiger charge is -2.13. The third-order valence-electron chi connectivity index (χ3n) is 3.84. The zero-order valence-electron chi connectivity index (χ0n) is 13.7. The molecule has 0 atom stereocenters. The van der Waals surface area contributed by atoms with Gasteiger partial charge >= 0.3 is 11.9 Å². The van der Waals surface area contributed by atoms with Crippen molar-refractivity contribution < 1.29 is 28.2 Å². The SMILES string of the molecule is Cc1c(S(=O)(=O)Nc2c(C(=O)O)cc(Cl)cc2C(=O)O)sc2ccccc12. The van der Waals surface area contributed by atoms with Crippen molar-refractivity contribution in [2.75, 3.05) is 4.72 Å². The Hall–Kier alpha value is -2.62. The molecule has 3 N–H and O–H groups in total. The number of aromatic carboxylic acids is 2. The second-order valence-electron chi connectivity index (χ2n) is 5.60. The molecular weight excluding hydrogens is 414 g/mol. The van der Waals surface area contributed by atoms with E-state index in [1.54, 1.807) is 31.2 Å². The average Bonchev–Trinajstić information content (AvgIpc) is 2.93. The van der Waals surface area contributed by atoms with Crippen LogP contribution in [-0.2, 0) is 10.0 Å². The lowest BCUT2D eigenvalue weighted by Crippen LogP contribution is -2.18. The zero-order chi connectivity index (χ0) is 19.9. The Morgan fingerprint density at radius 2 is 1.63 bits per heavy atom. The smallest absolute Gasteiger partial charge is 0.337 e. The monoisotopic (exact) mass is 425 g/mol. The Morgan fingerprint density at radius 3 is 2.15 bits per heavy atom. The van der Waals surface area contributed by atoms with Crippen LogP contribution in [0, 0.1) is 6.92 Å². The van der Waals surface area contributed by atoms with Gasteiger partial charge in [0.15, 0.2) is 0 Å². The number of benzene rings is 2. The number of carboxylic acids is 2. The third-order valence-corrected chi connectivity index (χ3v) is 7.31. The summed E-state index contributed by atoms with van der Waals surface area (Å²) in [5.41, 5.74) is -1.16. The third kappa shape index (κ3) is 3.48. The maximum absolute atomic E-state index is 12.9. The van der Waals surface area contributed by atoms with Gasteiger partial charge in [-0.1, -0.05) is 29.8 Å². The van der Waals surface area contributed by atoms with E-state index in [1.807, 2.05) is 0 Å². The minimum atomic E-state index is -4.23.